The van der Waals surface area contributed by atoms with Crippen molar-refractivity contribution in [2.75, 3.05) is 13.1 Å². The molecule has 3 rings (SSSR count). The molecule has 1 saturated heterocycles. The highest BCUT2D eigenvalue weighted by atomic mass is 15.2. The summed E-state index contributed by atoms with van der Waals surface area (Å²) < 4.78 is 0. The van der Waals surface area contributed by atoms with E-state index >= 15 is 0 Å². The summed E-state index contributed by atoms with van der Waals surface area (Å²) in [7, 11) is 0. The fourth-order valence-electron chi connectivity index (χ4n) is 3.88. The minimum absolute atomic E-state index is 0.287. The van der Waals surface area contributed by atoms with Gasteiger partial charge in [-0.1, -0.05) is 79.7 Å². The van der Waals surface area contributed by atoms with E-state index in [1.165, 1.54) is 36.6 Å². The van der Waals surface area contributed by atoms with E-state index in [1.54, 1.807) is 6.08 Å². The molecule has 1 atom stereocenters. The topological polar surface area (TPSA) is 53.6 Å². The van der Waals surface area contributed by atoms with E-state index in [0.717, 1.165) is 30.0 Å². The van der Waals surface area contributed by atoms with Gasteiger partial charge in [-0.25, -0.2) is 4.99 Å². The van der Waals surface area contributed by atoms with Crippen LogP contribution in [0.15, 0.2) is 103 Å². The number of likely N-dealkylation sites (tertiary alicyclic amines) is 1. The lowest BCUT2D eigenvalue weighted by Gasteiger charge is -2.29. The van der Waals surface area contributed by atoms with Crippen LogP contribution in [-0.2, 0) is 0 Å². The van der Waals surface area contributed by atoms with E-state index in [0.29, 0.717) is 5.84 Å². The molecule has 4 heteroatoms. The van der Waals surface area contributed by atoms with Crippen LogP contribution in [0.2, 0.25) is 0 Å². The Bertz CT molecular complexity index is 1020. The summed E-state index contributed by atoms with van der Waals surface area (Å²) in [5.41, 5.74) is 10.3. The predicted molar refractivity (Wildman–Crippen MR) is 142 cm³/mol. The standard InChI is InChI=1S/C29H36N4/c1-23-11-10-14-27(21-23)24(2)16-18-31-28(15-17-30)32-29(33-19-8-5-9-20-33)22-25(3)26-12-6-4-7-13-26/h4,6-7,10-18,21-22,24H,3,5,8-9,19-20,30H2,1-2H3,(H,31,32)/b17-15-,18-16-,29-22-. The molecule has 4 nitrogen and oxygen atoms in total. The van der Waals surface area contributed by atoms with Gasteiger partial charge in [0.1, 0.15) is 11.7 Å². The van der Waals surface area contributed by atoms with Gasteiger partial charge in [0, 0.05) is 19.0 Å². The summed E-state index contributed by atoms with van der Waals surface area (Å²) in [6.45, 7) is 10.6. The number of aliphatic imine (C=N–C) groups is 1. The average molecular weight is 441 g/mol. The van der Waals surface area contributed by atoms with Crippen LogP contribution in [0, 0.1) is 6.92 Å². The van der Waals surface area contributed by atoms with Gasteiger partial charge < -0.3 is 16.0 Å². The van der Waals surface area contributed by atoms with Crippen molar-refractivity contribution in [2.45, 2.75) is 39.0 Å². The minimum atomic E-state index is 0.287. The Morgan fingerprint density at radius 3 is 2.55 bits per heavy atom. The second kappa shape index (κ2) is 12.5. The van der Waals surface area contributed by atoms with Crippen LogP contribution in [0.3, 0.4) is 0 Å². The Morgan fingerprint density at radius 2 is 1.85 bits per heavy atom. The number of amidine groups is 1. The summed E-state index contributed by atoms with van der Waals surface area (Å²) in [4.78, 5) is 7.29. The monoisotopic (exact) mass is 440 g/mol. The summed E-state index contributed by atoms with van der Waals surface area (Å²) in [6, 6.07) is 18.8. The first kappa shape index (κ1) is 24.1. The van der Waals surface area contributed by atoms with Crippen molar-refractivity contribution >= 4 is 11.4 Å². The molecule has 0 amide bonds. The van der Waals surface area contributed by atoms with Gasteiger partial charge in [0.2, 0.25) is 0 Å². The molecule has 172 valence electrons. The largest absolute Gasteiger partial charge is 0.404 e. The quantitative estimate of drug-likeness (QED) is 0.296. The lowest BCUT2D eigenvalue weighted by molar-refractivity contribution is 0.283. The molecule has 0 radical (unpaired) electrons. The first-order chi connectivity index (χ1) is 16.1. The van der Waals surface area contributed by atoms with Crippen molar-refractivity contribution in [1.82, 2.24) is 10.2 Å². The third-order valence-electron chi connectivity index (χ3n) is 5.80. The Balaban J connectivity index is 1.82. The van der Waals surface area contributed by atoms with Gasteiger partial charge in [-0.05, 0) is 67.4 Å². The number of nitrogens with two attached hydrogens (primary N) is 1. The van der Waals surface area contributed by atoms with Gasteiger partial charge in [0.15, 0.2) is 0 Å². The molecule has 0 saturated carbocycles. The highest BCUT2D eigenvalue weighted by Gasteiger charge is 2.14. The molecule has 0 bridgehead atoms. The van der Waals surface area contributed by atoms with E-state index in [1.807, 2.05) is 24.4 Å². The lowest BCUT2D eigenvalue weighted by Crippen LogP contribution is -2.29. The van der Waals surface area contributed by atoms with Gasteiger partial charge in [0.25, 0.3) is 0 Å². The molecule has 2 aromatic carbocycles. The van der Waals surface area contributed by atoms with Crippen LogP contribution in [0.5, 0.6) is 0 Å². The van der Waals surface area contributed by atoms with Crippen LogP contribution in [0.25, 0.3) is 5.57 Å². The molecule has 1 aliphatic heterocycles. The van der Waals surface area contributed by atoms with E-state index in [9.17, 15) is 0 Å². The maximum atomic E-state index is 5.74. The number of allylic oxidation sites excluding steroid dienone is 3. The Kier molecular flexibility index (Phi) is 9.13. The van der Waals surface area contributed by atoms with E-state index in [4.69, 9.17) is 10.7 Å². The van der Waals surface area contributed by atoms with Gasteiger partial charge in [-0.2, -0.15) is 0 Å². The number of aryl methyl sites for hydroxylation is 1. The molecule has 1 aliphatic rings. The maximum Gasteiger partial charge on any atom is 0.133 e. The second-order valence-electron chi connectivity index (χ2n) is 8.50. The van der Waals surface area contributed by atoms with Crippen molar-refractivity contribution in [3.63, 3.8) is 0 Å². The van der Waals surface area contributed by atoms with Crippen LogP contribution in [-0.4, -0.2) is 23.8 Å². The number of piperidine rings is 1. The lowest BCUT2D eigenvalue weighted by atomic mass is 9.99. The van der Waals surface area contributed by atoms with Gasteiger partial charge in [-0.3, -0.25) is 0 Å². The molecule has 0 aliphatic carbocycles. The average Bonchev–Trinajstić information content (AvgIpc) is 2.84. The van der Waals surface area contributed by atoms with Crippen molar-refractivity contribution < 1.29 is 0 Å². The summed E-state index contributed by atoms with van der Waals surface area (Å²) in [5.74, 6) is 1.89. The molecule has 2 aromatic rings. The number of rotatable bonds is 8. The summed E-state index contributed by atoms with van der Waals surface area (Å²) in [6.07, 6.45) is 13.1. The molecule has 1 fully saturated rings. The number of benzene rings is 2. The predicted octanol–water partition coefficient (Wildman–Crippen LogP) is 6.11. The molecule has 1 heterocycles. The first-order valence-electron chi connectivity index (χ1n) is 11.7. The zero-order valence-electron chi connectivity index (χ0n) is 19.9. The minimum Gasteiger partial charge on any atom is -0.404 e. The SMILES string of the molecule is C=C(/C=C(/N=C(\C=C/N)N/C=C\C(C)c1cccc(C)c1)N1CCCCC1)c1ccccc1. The molecular formula is C29H36N4. The summed E-state index contributed by atoms with van der Waals surface area (Å²) >= 11 is 0. The second-order valence-corrected chi connectivity index (χ2v) is 8.50. The van der Waals surface area contributed by atoms with Crippen LogP contribution < -0.4 is 11.1 Å². The zero-order valence-corrected chi connectivity index (χ0v) is 19.9. The summed E-state index contributed by atoms with van der Waals surface area (Å²) in [5, 5.41) is 3.32. The van der Waals surface area contributed by atoms with Crippen molar-refractivity contribution in [2.24, 2.45) is 10.7 Å². The van der Waals surface area contributed by atoms with E-state index in [2.05, 4.69) is 79.2 Å². The third-order valence-corrected chi connectivity index (χ3v) is 5.80. The maximum absolute atomic E-state index is 5.74. The number of nitrogens with one attached hydrogen (secondary N) is 1. The van der Waals surface area contributed by atoms with Crippen LogP contribution in [0.1, 0.15) is 48.8 Å². The van der Waals surface area contributed by atoms with Crippen LogP contribution >= 0.6 is 0 Å². The first-order valence-corrected chi connectivity index (χ1v) is 11.7. The molecule has 33 heavy (non-hydrogen) atoms. The Hall–Kier alpha value is -3.53. The number of hydrogen-bond donors (Lipinski definition) is 2. The van der Waals surface area contributed by atoms with Gasteiger partial charge in [-0.15, -0.1) is 0 Å². The third kappa shape index (κ3) is 7.53. The van der Waals surface area contributed by atoms with Gasteiger partial charge >= 0.3 is 0 Å². The molecular weight excluding hydrogens is 404 g/mol. The smallest absolute Gasteiger partial charge is 0.133 e. The Morgan fingerprint density at radius 1 is 1.09 bits per heavy atom. The van der Waals surface area contributed by atoms with Crippen LogP contribution in [0.4, 0.5) is 0 Å². The van der Waals surface area contributed by atoms with Crippen molar-refractivity contribution in [3.8, 4) is 0 Å². The van der Waals surface area contributed by atoms with Crippen molar-refractivity contribution in [1.29, 1.82) is 0 Å². The molecule has 1 unspecified atom stereocenters. The van der Waals surface area contributed by atoms with Gasteiger partial charge in [0.05, 0.1) is 0 Å². The van der Waals surface area contributed by atoms with Crippen molar-refractivity contribution in [3.05, 3.63) is 114 Å². The Labute approximate surface area is 198 Å². The number of nitrogens with zero attached hydrogens (tertiary/aromatic N) is 2. The molecule has 0 spiro atoms. The fourth-order valence-corrected chi connectivity index (χ4v) is 3.88. The van der Waals surface area contributed by atoms with E-state index in [-0.39, 0.29) is 5.92 Å². The van der Waals surface area contributed by atoms with E-state index < -0.39 is 0 Å². The number of hydrogen-bond acceptors (Lipinski definition) is 3. The normalized spacial score (nSPS) is 16.4. The zero-order chi connectivity index (χ0) is 23.5. The fraction of sp³-hybridized carbons (Fsp3) is 0.276. The highest BCUT2D eigenvalue weighted by molar-refractivity contribution is 5.94. The highest BCUT2D eigenvalue weighted by Crippen LogP contribution is 2.21. The molecule has 3 N–H and O–H groups in total. The molecule has 0 aromatic heterocycles.